The Labute approximate surface area is 241 Å². The van der Waals surface area contributed by atoms with E-state index >= 15 is 0 Å². The molecule has 0 saturated heterocycles. The molecular formula is C33H37NO7. The summed E-state index contributed by atoms with van der Waals surface area (Å²) in [5.74, 6) is 0.565. The van der Waals surface area contributed by atoms with Gasteiger partial charge in [-0.25, -0.2) is 0 Å². The molecule has 1 aliphatic rings. The van der Waals surface area contributed by atoms with Crippen molar-refractivity contribution in [2.75, 3.05) is 27.9 Å². The van der Waals surface area contributed by atoms with Crippen molar-refractivity contribution in [2.45, 2.75) is 45.2 Å². The van der Waals surface area contributed by atoms with Gasteiger partial charge >= 0.3 is 0 Å². The number of aliphatic hydroxyl groups is 1. The largest absolute Gasteiger partial charge is 0.503 e. The molecule has 1 atom stereocenters. The van der Waals surface area contributed by atoms with E-state index in [0.29, 0.717) is 40.7 Å². The third-order valence-corrected chi connectivity index (χ3v) is 7.23. The van der Waals surface area contributed by atoms with Gasteiger partial charge < -0.3 is 29.0 Å². The predicted octanol–water partition coefficient (Wildman–Crippen LogP) is 5.97. The van der Waals surface area contributed by atoms with E-state index in [0.717, 1.165) is 11.1 Å². The van der Waals surface area contributed by atoms with Crippen molar-refractivity contribution in [3.8, 4) is 23.0 Å². The monoisotopic (exact) mass is 559 g/mol. The molecular weight excluding hydrogens is 522 g/mol. The van der Waals surface area contributed by atoms with E-state index in [1.54, 1.807) is 49.6 Å². The van der Waals surface area contributed by atoms with Gasteiger partial charge in [0.2, 0.25) is 0 Å². The summed E-state index contributed by atoms with van der Waals surface area (Å²) in [6, 6.07) is 17.6. The first-order valence-electron chi connectivity index (χ1n) is 13.4. The maximum absolute atomic E-state index is 14.8. The quantitative estimate of drug-likeness (QED) is 0.306. The highest BCUT2D eigenvalue weighted by molar-refractivity contribution is 6.11. The zero-order valence-corrected chi connectivity index (χ0v) is 24.6. The molecule has 1 amide bonds. The second-order valence-corrected chi connectivity index (χ2v) is 10.8. The van der Waals surface area contributed by atoms with Gasteiger partial charge in [0.25, 0.3) is 5.91 Å². The Balaban J connectivity index is 1.97. The van der Waals surface area contributed by atoms with Crippen LogP contribution in [0.5, 0.6) is 23.0 Å². The maximum atomic E-state index is 14.8. The zero-order chi connectivity index (χ0) is 29.9. The van der Waals surface area contributed by atoms with Crippen LogP contribution in [0.4, 0.5) is 0 Å². The highest BCUT2D eigenvalue weighted by atomic mass is 16.5. The van der Waals surface area contributed by atoms with Crippen molar-refractivity contribution in [3.05, 3.63) is 94.8 Å². The van der Waals surface area contributed by atoms with E-state index in [4.69, 9.17) is 18.9 Å². The van der Waals surface area contributed by atoms with Gasteiger partial charge in [0.1, 0.15) is 11.5 Å². The molecule has 8 nitrogen and oxygen atoms in total. The third kappa shape index (κ3) is 5.46. The summed E-state index contributed by atoms with van der Waals surface area (Å²) in [7, 11) is 4.58. The summed E-state index contributed by atoms with van der Waals surface area (Å²) in [6.45, 7) is 8.55. The van der Waals surface area contributed by atoms with Gasteiger partial charge in [0.05, 0.1) is 27.9 Å². The van der Waals surface area contributed by atoms with E-state index in [1.807, 2.05) is 45.9 Å². The lowest BCUT2D eigenvalue weighted by Crippen LogP contribution is -2.49. The van der Waals surface area contributed by atoms with Gasteiger partial charge in [-0.2, -0.15) is 0 Å². The minimum Gasteiger partial charge on any atom is -0.503 e. The minimum atomic E-state index is -1.69. The summed E-state index contributed by atoms with van der Waals surface area (Å²) in [5, 5.41) is 10.9. The van der Waals surface area contributed by atoms with Gasteiger partial charge in [-0.3, -0.25) is 9.59 Å². The molecule has 0 bridgehead atoms. The molecule has 41 heavy (non-hydrogen) atoms. The number of amides is 1. The Bertz CT molecular complexity index is 1490. The molecule has 0 fully saturated rings. The Morgan fingerprint density at radius 1 is 0.902 bits per heavy atom. The molecule has 1 unspecified atom stereocenters. The summed E-state index contributed by atoms with van der Waals surface area (Å²) in [4.78, 5) is 29.8. The molecule has 0 radical (unpaired) electrons. The topological polar surface area (TPSA) is 94.5 Å². The Kier molecular flexibility index (Phi) is 8.33. The first kappa shape index (κ1) is 29.5. The fourth-order valence-electron chi connectivity index (χ4n) is 5.18. The molecule has 3 aromatic rings. The normalized spacial score (nSPS) is 16.8. The van der Waals surface area contributed by atoms with Crippen LogP contribution >= 0.6 is 0 Å². The van der Waals surface area contributed by atoms with Crippen LogP contribution in [0, 0.1) is 0 Å². The number of methoxy groups -OCH3 is 3. The molecule has 0 spiro atoms. The second-order valence-electron chi connectivity index (χ2n) is 10.8. The second kappa shape index (κ2) is 11.6. The number of carbonyl (C=O) groups is 2. The van der Waals surface area contributed by atoms with Crippen molar-refractivity contribution < 1.29 is 33.6 Å². The molecule has 1 heterocycles. The van der Waals surface area contributed by atoms with Gasteiger partial charge in [-0.05, 0) is 65.9 Å². The number of hydrogen-bond donors (Lipinski definition) is 1. The smallest absolute Gasteiger partial charge is 0.290 e. The zero-order valence-electron chi connectivity index (χ0n) is 24.6. The Morgan fingerprint density at radius 2 is 1.61 bits per heavy atom. The number of aliphatic hydroxyl groups excluding tert-OH is 1. The highest BCUT2D eigenvalue weighted by Crippen LogP contribution is 2.45. The number of rotatable bonds is 10. The van der Waals surface area contributed by atoms with Gasteiger partial charge in [-0.1, -0.05) is 39.0 Å². The van der Waals surface area contributed by atoms with Crippen molar-refractivity contribution in [1.29, 1.82) is 0 Å². The molecule has 8 heteroatoms. The van der Waals surface area contributed by atoms with Crippen LogP contribution < -0.4 is 18.9 Å². The fraction of sp³-hybridized carbons (Fsp3) is 0.333. The number of ketones is 1. The van der Waals surface area contributed by atoms with Crippen molar-refractivity contribution in [3.63, 3.8) is 0 Å². The van der Waals surface area contributed by atoms with E-state index in [9.17, 15) is 14.7 Å². The van der Waals surface area contributed by atoms with Crippen LogP contribution in [0.25, 0.3) is 0 Å². The van der Waals surface area contributed by atoms with Crippen LogP contribution in [0.1, 0.15) is 54.7 Å². The third-order valence-electron chi connectivity index (χ3n) is 7.23. The predicted molar refractivity (Wildman–Crippen MR) is 156 cm³/mol. The lowest BCUT2D eigenvalue weighted by molar-refractivity contribution is -0.131. The number of nitrogens with zero attached hydrogens (tertiary/aromatic N) is 1. The molecule has 1 aliphatic heterocycles. The average Bonchev–Trinajstić information content (AvgIpc) is 3.22. The fourth-order valence-corrected chi connectivity index (χ4v) is 5.18. The van der Waals surface area contributed by atoms with Gasteiger partial charge in [0, 0.05) is 23.7 Å². The lowest BCUT2D eigenvalue weighted by Gasteiger charge is -2.37. The summed E-state index contributed by atoms with van der Waals surface area (Å²) < 4.78 is 22.2. The lowest BCUT2D eigenvalue weighted by atomic mass is 9.79. The van der Waals surface area contributed by atoms with E-state index in [2.05, 4.69) is 0 Å². The Hall–Kier alpha value is -4.46. The first-order chi connectivity index (χ1) is 19.5. The summed E-state index contributed by atoms with van der Waals surface area (Å²) in [5.41, 5.74) is 0.354. The van der Waals surface area contributed by atoms with E-state index < -0.39 is 23.0 Å². The molecule has 4 rings (SSSR count). The van der Waals surface area contributed by atoms with Crippen molar-refractivity contribution in [1.82, 2.24) is 4.90 Å². The average molecular weight is 560 g/mol. The molecule has 216 valence electrons. The molecule has 3 aromatic carbocycles. The number of hydrogen-bond acceptors (Lipinski definition) is 7. The van der Waals surface area contributed by atoms with Crippen LogP contribution in [0.2, 0.25) is 0 Å². The minimum absolute atomic E-state index is 0.0276. The van der Waals surface area contributed by atoms with Crippen LogP contribution in [-0.2, 0) is 22.3 Å². The van der Waals surface area contributed by atoms with Crippen molar-refractivity contribution in [2.24, 2.45) is 0 Å². The van der Waals surface area contributed by atoms with Crippen LogP contribution in [-0.4, -0.2) is 49.6 Å². The molecule has 0 aliphatic carbocycles. The van der Waals surface area contributed by atoms with E-state index in [-0.39, 0.29) is 12.0 Å². The Morgan fingerprint density at radius 3 is 2.24 bits per heavy atom. The number of benzene rings is 3. The number of Topliss-reactive ketones (excluding diaryl/α,β-unsaturated/α-hetero) is 1. The summed E-state index contributed by atoms with van der Waals surface area (Å²) in [6.07, 6.45) is 1.33. The first-order valence-corrected chi connectivity index (χ1v) is 13.4. The highest BCUT2D eigenvalue weighted by Gasteiger charge is 2.53. The van der Waals surface area contributed by atoms with Crippen LogP contribution in [0.3, 0.4) is 0 Å². The van der Waals surface area contributed by atoms with Gasteiger partial charge in [-0.15, -0.1) is 0 Å². The number of carbonyl (C=O) groups excluding carboxylic acids is 2. The SMILES string of the molecule is CCOc1ccc(C(=O)C2(c3ccc(OC)c(OC)c3)C=C(O)C(=O)N2Cc2cccc(OC)c2)cc1C(C)(C)C. The summed E-state index contributed by atoms with van der Waals surface area (Å²) >= 11 is 0. The standard InChI is InChI=1S/C33H37NO7/c1-8-41-27-14-12-22(17-25(27)32(2,3)4)30(36)33(23-13-15-28(39-6)29(18-23)40-7)19-26(35)31(37)34(33)20-21-10-9-11-24(16-21)38-5/h9-19,35H,8,20H2,1-7H3. The number of ether oxygens (including phenoxy) is 4. The van der Waals surface area contributed by atoms with Crippen molar-refractivity contribution >= 4 is 11.7 Å². The van der Waals surface area contributed by atoms with Gasteiger partial charge in [0.15, 0.2) is 28.6 Å². The maximum Gasteiger partial charge on any atom is 0.290 e. The van der Waals surface area contributed by atoms with E-state index in [1.165, 1.54) is 25.2 Å². The van der Waals surface area contributed by atoms with Crippen LogP contribution in [0.15, 0.2) is 72.5 Å². The molecule has 0 saturated carbocycles. The molecule has 0 aromatic heterocycles. The molecule has 1 N–H and O–H groups in total.